The number of benzene rings is 1. The van der Waals surface area contributed by atoms with Crippen molar-refractivity contribution in [1.82, 2.24) is 5.32 Å². The number of Topliss-reactive ketones (excluding diaryl/α,β-unsaturated/α-hetero) is 1. The Morgan fingerprint density at radius 1 is 1.26 bits per heavy atom. The fourth-order valence-electron chi connectivity index (χ4n) is 2.44. The first-order valence-electron chi connectivity index (χ1n) is 6.58. The summed E-state index contributed by atoms with van der Waals surface area (Å²) in [4.78, 5) is 21.4. The number of hydrogen-bond donors (Lipinski definition) is 1. The molecule has 5 nitrogen and oxygen atoms in total. The van der Waals surface area contributed by atoms with Crippen LogP contribution in [0.1, 0.15) is 44.2 Å². The number of nitro benzene ring substituents is 1. The Hall–Kier alpha value is -1.75. The summed E-state index contributed by atoms with van der Waals surface area (Å²) in [5, 5.41) is 14.1. The summed E-state index contributed by atoms with van der Waals surface area (Å²) in [5.74, 6) is 0.348. The van der Waals surface area contributed by atoms with Gasteiger partial charge in [-0.15, -0.1) is 0 Å². The smallest absolute Gasteiger partial charge is 0.269 e. The lowest BCUT2D eigenvalue weighted by Gasteiger charge is -2.26. The third-order valence-corrected chi connectivity index (χ3v) is 3.63. The van der Waals surface area contributed by atoms with E-state index in [9.17, 15) is 14.9 Å². The topological polar surface area (TPSA) is 72.2 Å². The zero-order chi connectivity index (χ0) is 13.8. The lowest BCUT2D eigenvalue weighted by atomic mass is 9.93. The van der Waals surface area contributed by atoms with E-state index < -0.39 is 4.92 Å². The van der Waals surface area contributed by atoms with Crippen molar-refractivity contribution in [1.29, 1.82) is 0 Å². The molecule has 1 N–H and O–H groups in total. The Morgan fingerprint density at radius 2 is 1.84 bits per heavy atom. The molecule has 1 aromatic carbocycles. The van der Waals surface area contributed by atoms with Crippen molar-refractivity contribution >= 4 is 11.5 Å². The summed E-state index contributed by atoms with van der Waals surface area (Å²) in [6.45, 7) is 2.04. The third-order valence-electron chi connectivity index (χ3n) is 3.63. The zero-order valence-electron chi connectivity index (χ0n) is 11.0. The van der Waals surface area contributed by atoms with Gasteiger partial charge in [0.05, 0.1) is 4.92 Å². The van der Waals surface area contributed by atoms with Crippen LogP contribution in [0, 0.1) is 10.1 Å². The molecule has 0 aliphatic heterocycles. The van der Waals surface area contributed by atoms with Crippen molar-refractivity contribution in [3.05, 3.63) is 39.9 Å². The second kappa shape index (κ2) is 5.93. The second-order valence-corrected chi connectivity index (χ2v) is 5.05. The standard InChI is InChI=1S/C14H18N2O3/c1-10(15-12-4-8-14(17)9-5-12)11-2-6-13(7-3-11)16(18)19/h2-3,6-7,10,12,15H,4-5,8-9H2,1H3. The third kappa shape index (κ3) is 3.61. The Balaban J connectivity index is 1.94. The first-order chi connectivity index (χ1) is 9.06. The van der Waals surface area contributed by atoms with Crippen molar-refractivity contribution in [2.24, 2.45) is 0 Å². The highest BCUT2D eigenvalue weighted by atomic mass is 16.6. The maximum absolute atomic E-state index is 11.2. The Kier molecular flexibility index (Phi) is 4.27. The minimum absolute atomic E-state index is 0.110. The van der Waals surface area contributed by atoms with Crippen LogP contribution >= 0.6 is 0 Å². The molecule has 1 atom stereocenters. The van der Waals surface area contributed by atoms with Crippen LogP contribution in [0.15, 0.2) is 24.3 Å². The number of nitro groups is 1. The highest BCUT2D eigenvalue weighted by molar-refractivity contribution is 5.79. The molecule has 1 aliphatic carbocycles. The molecular weight excluding hydrogens is 244 g/mol. The number of ketones is 1. The zero-order valence-corrected chi connectivity index (χ0v) is 11.0. The minimum Gasteiger partial charge on any atom is -0.307 e. The minimum atomic E-state index is -0.394. The largest absolute Gasteiger partial charge is 0.307 e. The van der Waals surface area contributed by atoms with Crippen LogP contribution in [-0.4, -0.2) is 16.7 Å². The fourth-order valence-corrected chi connectivity index (χ4v) is 2.44. The van der Waals surface area contributed by atoms with Crippen LogP contribution in [0.2, 0.25) is 0 Å². The highest BCUT2D eigenvalue weighted by Gasteiger charge is 2.20. The van der Waals surface area contributed by atoms with E-state index >= 15 is 0 Å². The number of carbonyl (C=O) groups excluding carboxylic acids is 1. The van der Waals surface area contributed by atoms with E-state index in [1.54, 1.807) is 12.1 Å². The molecule has 5 heteroatoms. The molecule has 0 radical (unpaired) electrons. The number of carbonyl (C=O) groups is 1. The van der Waals surface area contributed by atoms with Crippen molar-refractivity contribution < 1.29 is 9.72 Å². The Bertz CT molecular complexity index is 460. The van der Waals surface area contributed by atoms with Crippen LogP contribution in [0.25, 0.3) is 0 Å². The molecule has 1 unspecified atom stereocenters. The summed E-state index contributed by atoms with van der Waals surface area (Å²) in [5.41, 5.74) is 1.14. The van der Waals surface area contributed by atoms with Gasteiger partial charge in [-0.3, -0.25) is 14.9 Å². The van der Waals surface area contributed by atoms with E-state index in [1.807, 2.05) is 6.92 Å². The van der Waals surface area contributed by atoms with Crippen LogP contribution in [0.5, 0.6) is 0 Å². The van der Waals surface area contributed by atoms with Crippen LogP contribution in [0.4, 0.5) is 5.69 Å². The Morgan fingerprint density at radius 3 is 2.37 bits per heavy atom. The molecule has 0 heterocycles. The summed E-state index contributed by atoms with van der Waals surface area (Å²) < 4.78 is 0. The van der Waals surface area contributed by atoms with E-state index in [2.05, 4.69) is 5.32 Å². The molecule has 1 saturated carbocycles. The summed E-state index contributed by atoms with van der Waals surface area (Å²) >= 11 is 0. The Labute approximate surface area is 112 Å². The van der Waals surface area contributed by atoms with Crippen molar-refractivity contribution in [2.75, 3.05) is 0 Å². The highest BCUT2D eigenvalue weighted by Crippen LogP contribution is 2.21. The van der Waals surface area contributed by atoms with Gasteiger partial charge in [0.1, 0.15) is 5.78 Å². The molecule has 0 aromatic heterocycles. The lowest BCUT2D eigenvalue weighted by Crippen LogP contribution is -2.35. The second-order valence-electron chi connectivity index (χ2n) is 5.05. The fraction of sp³-hybridized carbons (Fsp3) is 0.500. The van der Waals surface area contributed by atoms with E-state index in [0.29, 0.717) is 24.7 Å². The summed E-state index contributed by atoms with van der Waals surface area (Å²) in [6.07, 6.45) is 3.08. The molecule has 102 valence electrons. The predicted octanol–water partition coefficient (Wildman–Crippen LogP) is 2.76. The van der Waals surface area contributed by atoms with E-state index in [0.717, 1.165) is 18.4 Å². The first kappa shape index (κ1) is 13.7. The van der Waals surface area contributed by atoms with Gasteiger partial charge in [-0.25, -0.2) is 0 Å². The molecule has 0 bridgehead atoms. The van der Waals surface area contributed by atoms with Gasteiger partial charge in [0.15, 0.2) is 0 Å². The van der Waals surface area contributed by atoms with Gasteiger partial charge in [0.2, 0.25) is 0 Å². The van der Waals surface area contributed by atoms with Gasteiger partial charge in [-0.2, -0.15) is 0 Å². The van der Waals surface area contributed by atoms with Gasteiger partial charge in [0.25, 0.3) is 5.69 Å². The number of hydrogen-bond acceptors (Lipinski definition) is 4. The van der Waals surface area contributed by atoms with E-state index in [4.69, 9.17) is 0 Å². The number of nitrogens with one attached hydrogen (secondary N) is 1. The van der Waals surface area contributed by atoms with Gasteiger partial charge >= 0.3 is 0 Å². The van der Waals surface area contributed by atoms with Crippen molar-refractivity contribution in [3.8, 4) is 0 Å². The number of rotatable bonds is 4. The van der Waals surface area contributed by atoms with E-state index in [-0.39, 0.29) is 11.7 Å². The van der Waals surface area contributed by atoms with Crippen LogP contribution in [0.3, 0.4) is 0 Å². The lowest BCUT2D eigenvalue weighted by molar-refractivity contribution is -0.384. The first-order valence-corrected chi connectivity index (χ1v) is 6.58. The maximum Gasteiger partial charge on any atom is 0.269 e. The molecule has 0 amide bonds. The van der Waals surface area contributed by atoms with Crippen LogP contribution < -0.4 is 5.32 Å². The molecule has 0 saturated heterocycles. The molecule has 19 heavy (non-hydrogen) atoms. The van der Waals surface area contributed by atoms with Gasteiger partial charge < -0.3 is 5.32 Å². The monoisotopic (exact) mass is 262 g/mol. The average molecular weight is 262 g/mol. The number of nitrogens with zero attached hydrogens (tertiary/aromatic N) is 1. The normalized spacial score (nSPS) is 18.3. The molecule has 0 spiro atoms. The molecule has 1 aromatic rings. The average Bonchev–Trinajstić information content (AvgIpc) is 2.41. The molecular formula is C14H18N2O3. The van der Waals surface area contributed by atoms with Crippen molar-refractivity contribution in [3.63, 3.8) is 0 Å². The number of non-ortho nitro benzene ring substituents is 1. The van der Waals surface area contributed by atoms with E-state index in [1.165, 1.54) is 12.1 Å². The van der Waals surface area contributed by atoms with Gasteiger partial charge in [-0.05, 0) is 25.3 Å². The van der Waals surface area contributed by atoms with Gasteiger partial charge in [-0.1, -0.05) is 12.1 Å². The molecule has 1 fully saturated rings. The van der Waals surface area contributed by atoms with Gasteiger partial charge in [0, 0.05) is 37.1 Å². The SMILES string of the molecule is CC(NC1CCC(=O)CC1)c1ccc([N+](=O)[O-])cc1. The predicted molar refractivity (Wildman–Crippen MR) is 71.9 cm³/mol. The summed E-state index contributed by atoms with van der Waals surface area (Å²) in [6, 6.07) is 7.12. The quantitative estimate of drug-likeness (QED) is 0.669. The summed E-state index contributed by atoms with van der Waals surface area (Å²) in [7, 11) is 0. The van der Waals surface area contributed by atoms with Crippen molar-refractivity contribution in [2.45, 2.75) is 44.7 Å². The van der Waals surface area contributed by atoms with Crippen LogP contribution in [-0.2, 0) is 4.79 Å². The molecule has 1 aliphatic rings. The maximum atomic E-state index is 11.2. The molecule has 2 rings (SSSR count).